The molecule has 4 rings (SSSR count). The summed E-state index contributed by atoms with van der Waals surface area (Å²) in [6.07, 6.45) is 2.09. The largest absolute Gasteiger partial charge is 0.493 e. The number of piperidine rings is 1. The number of esters is 1. The Kier molecular flexibility index (Phi) is 10.5. The Bertz CT molecular complexity index is 1270. The summed E-state index contributed by atoms with van der Waals surface area (Å²) in [5, 5.41) is 2.76. The summed E-state index contributed by atoms with van der Waals surface area (Å²) in [4.78, 5) is 34.1. The van der Waals surface area contributed by atoms with E-state index in [4.69, 9.17) is 19.2 Å². The molecular weight excluding hydrogens is 526 g/mol. The van der Waals surface area contributed by atoms with E-state index in [0.29, 0.717) is 50.5 Å². The van der Waals surface area contributed by atoms with Crippen LogP contribution in [0.15, 0.2) is 47.8 Å². The summed E-state index contributed by atoms with van der Waals surface area (Å²) in [7, 11) is 3.29. The van der Waals surface area contributed by atoms with Crippen LogP contribution < -0.4 is 9.47 Å². The number of methoxy groups -OCH3 is 2. The van der Waals surface area contributed by atoms with Gasteiger partial charge in [0.15, 0.2) is 11.5 Å². The normalized spacial score (nSPS) is 13.9. The van der Waals surface area contributed by atoms with Gasteiger partial charge >= 0.3 is 5.97 Å². The van der Waals surface area contributed by atoms with Gasteiger partial charge in [0.25, 0.3) is 5.91 Å². The van der Waals surface area contributed by atoms with Gasteiger partial charge in [-0.15, -0.1) is 11.3 Å². The Hall–Kier alpha value is -3.43. The second-order valence-electron chi connectivity index (χ2n) is 10.1. The third-order valence-electron chi connectivity index (χ3n) is 7.22. The summed E-state index contributed by atoms with van der Waals surface area (Å²) < 4.78 is 16.0. The quantitative estimate of drug-likeness (QED) is 0.282. The number of hydrogen-bond acceptors (Lipinski definition) is 8. The molecule has 1 aromatic heterocycles. The van der Waals surface area contributed by atoms with Crippen LogP contribution in [0.3, 0.4) is 0 Å². The van der Waals surface area contributed by atoms with Crippen molar-refractivity contribution in [2.75, 3.05) is 40.5 Å². The van der Waals surface area contributed by atoms with Crippen LogP contribution >= 0.6 is 11.3 Å². The molecule has 9 heteroatoms. The van der Waals surface area contributed by atoms with Crippen molar-refractivity contribution in [3.8, 4) is 11.5 Å². The molecule has 0 N–H and O–H groups in total. The van der Waals surface area contributed by atoms with Gasteiger partial charge < -0.3 is 19.1 Å². The molecule has 40 heavy (non-hydrogen) atoms. The first-order chi connectivity index (χ1) is 19.4. The Morgan fingerprint density at radius 3 is 2.38 bits per heavy atom. The zero-order valence-corrected chi connectivity index (χ0v) is 24.7. The molecule has 3 aromatic rings. The first-order valence-corrected chi connectivity index (χ1v) is 14.7. The molecule has 0 radical (unpaired) electrons. The van der Waals surface area contributed by atoms with Crippen LogP contribution in [0.5, 0.6) is 11.5 Å². The van der Waals surface area contributed by atoms with E-state index in [1.54, 1.807) is 19.1 Å². The lowest BCUT2D eigenvalue weighted by atomic mass is 9.97. The average molecular weight is 566 g/mol. The maximum atomic E-state index is 13.2. The molecule has 214 valence electrons. The van der Waals surface area contributed by atoms with Crippen LogP contribution in [-0.2, 0) is 29.0 Å². The minimum atomic E-state index is -0.160. The number of likely N-dealkylation sites (tertiary alicyclic amines) is 1. The number of carbonyl (C=O) groups excluding carboxylic acids is 2. The monoisotopic (exact) mass is 565 g/mol. The van der Waals surface area contributed by atoms with Gasteiger partial charge in [-0.2, -0.15) is 0 Å². The lowest BCUT2D eigenvalue weighted by molar-refractivity contribution is -0.149. The van der Waals surface area contributed by atoms with Crippen LogP contribution in [0.2, 0.25) is 0 Å². The third kappa shape index (κ3) is 7.82. The molecule has 0 aliphatic carbocycles. The first kappa shape index (κ1) is 29.6. The predicted molar refractivity (Wildman–Crippen MR) is 156 cm³/mol. The highest BCUT2D eigenvalue weighted by atomic mass is 32.1. The van der Waals surface area contributed by atoms with Gasteiger partial charge in [0.2, 0.25) is 0 Å². The van der Waals surface area contributed by atoms with E-state index >= 15 is 0 Å². The second-order valence-corrected chi connectivity index (χ2v) is 11.0. The smallest absolute Gasteiger partial charge is 0.309 e. The Labute approximate surface area is 240 Å². The van der Waals surface area contributed by atoms with E-state index in [2.05, 4.69) is 42.2 Å². The van der Waals surface area contributed by atoms with Gasteiger partial charge in [-0.1, -0.05) is 35.9 Å². The van der Waals surface area contributed by atoms with Crippen molar-refractivity contribution in [3.63, 3.8) is 0 Å². The number of ether oxygens (including phenoxy) is 3. The van der Waals surface area contributed by atoms with Crippen molar-refractivity contribution in [3.05, 3.63) is 75.2 Å². The van der Waals surface area contributed by atoms with E-state index in [-0.39, 0.29) is 17.8 Å². The van der Waals surface area contributed by atoms with Crippen molar-refractivity contribution in [1.29, 1.82) is 0 Å². The summed E-state index contributed by atoms with van der Waals surface area (Å²) in [5.41, 5.74) is 4.10. The SMILES string of the molecule is CCOC(=O)C1CCN(C(=O)c2csc(CN(CCc3ccc(OC)c(OC)c3)Cc3ccc(C)cc3)n2)CC1. The molecular formula is C31H39N3O5S. The third-order valence-corrected chi connectivity index (χ3v) is 8.06. The fourth-order valence-electron chi connectivity index (χ4n) is 4.90. The van der Waals surface area contributed by atoms with Crippen LogP contribution in [0.4, 0.5) is 0 Å². The molecule has 1 amide bonds. The molecule has 0 unspecified atom stereocenters. The molecule has 2 heterocycles. The number of thiazole rings is 1. The Balaban J connectivity index is 1.41. The topological polar surface area (TPSA) is 81.2 Å². The zero-order valence-electron chi connectivity index (χ0n) is 23.9. The van der Waals surface area contributed by atoms with Crippen molar-refractivity contribution < 1.29 is 23.8 Å². The molecule has 1 aliphatic heterocycles. The summed E-state index contributed by atoms with van der Waals surface area (Å²) in [6, 6.07) is 14.6. The fraction of sp³-hybridized carbons (Fsp3) is 0.452. The first-order valence-electron chi connectivity index (χ1n) is 13.8. The molecule has 0 saturated carbocycles. The van der Waals surface area contributed by atoms with Crippen LogP contribution in [-0.4, -0.2) is 67.1 Å². The van der Waals surface area contributed by atoms with Gasteiger partial charge in [-0.25, -0.2) is 4.98 Å². The lowest BCUT2D eigenvalue weighted by Crippen LogP contribution is -2.40. The average Bonchev–Trinajstić information content (AvgIpc) is 3.45. The molecule has 1 fully saturated rings. The van der Waals surface area contributed by atoms with Crippen molar-refractivity contribution in [2.45, 2.75) is 46.2 Å². The second kappa shape index (κ2) is 14.3. The standard InChI is InChI=1S/C31H39N3O5S/c1-5-39-31(36)25-13-16-34(17-14-25)30(35)26-21-40-29(32-26)20-33(19-24-8-6-22(2)7-9-24)15-12-23-10-11-27(37-3)28(18-23)38-4/h6-11,18,21,25H,5,12-17,19-20H2,1-4H3. The number of aromatic nitrogens is 1. The number of amides is 1. The van der Waals surface area contributed by atoms with E-state index in [1.807, 2.05) is 24.4 Å². The van der Waals surface area contributed by atoms with Crippen molar-refractivity contribution in [2.24, 2.45) is 5.92 Å². The van der Waals surface area contributed by atoms with Crippen LogP contribution in [0, 0.1) is 12.8 Å². The number of benzene rings is 2. The molecule has 0 bridgehead atoms. The Morgan fingerprint density at radius 2 is 1.70 bits per heavy atom. The lowest BCUT2D eigenvalue weighted by Gasteiger charge is -2.30. The number of nitrogens with zero attached hydrogens (tertiary/aromatic N) is 3. The van der Waals surface area contributed by atoms with E-state index in [1.165, 1.54) is 22.5 Å². The zero-order chi connectivity index (χ0) is 28.5. The molecule has 1 saturated heterocycles. The van der Waals surface area contributed by atoms with E-state index < -0.39 is 0 Å². The molecule has 2 aromatic carbocycles. The van der Waals surface area contributed by atoms with Gasteiger partial charge in [0, 0.05) is 31.6 Å². The summed E-state index contributed by atoms with van der Waals surface area (Å²) in [6.45, 7) is 7.60. The number of aryl methyl sites for hydroxylation is 1. The molecule has 0 atom stereocenters. The number of rotatable bonds is 12. The van der Waals surface area contributed by atoms with Gasteiger partial charge in [-0.3, -0.25) is 14.5 Å². The highest BCUT2D eigenvalue weighted by molar-refractivity contribution is 7.09. The molecule has 1 aliphatic rings. The van der Waals surface area contributed by atoms with Crippen LogP contribution in [0.25, 0.3) is 0 Å². The number of hydrogen-bond donors (Lipinski definition) is 0. The van der Waals surface area contributed by atoms with E-state index in [9.17, 15) is 9.59 Å². The molecule has 8 nitrogen and oxygen atoms in total. The minimum Gasteiger partial charge on any atom is -0.493 e. The highest BCUT2D eigenvalue weighted by Crippen LogP contribution is 2.28. The minimum absolute atomic E-state index is 0.0692. The summed E-state index contributed by atoms with van der Waals surface area (Å²) in [5.74, 6) is 1.08. The van der Waals surface area contributed by atoms with Gasteiger partial charge in [-0.05, 0) is 56.4 Å². The summed E-state index contributed by atoms with van der Waals surface area (Å²) >= 11 is 1.52. The van der Waals surface area contributed by atoms with Crippen LogP contribution in [0.1, 0.15) is 52.0 Å². The highest BCUT2D eigenvalue weighted by Gasteiger charge is 2.29. The Morgan fingerprint density at radius 1 is 1.00 bits per heavy atom. The molecule has 0 spiro atoms. The van der Waals surface area contributed by atoms with E-state index in [0.717, 1.165) is 35.8 Å². The van der Waals surface area contributed by atoms with Crippen molar-refractivity contribution in [1.82, 2.24) is 14.8 Å². The number of carbonyl (C=O) groups is 2. The fourth-order valence-corrected chi connectivity index (χ4v) is 5.71. The maximum absolute atomic E-state index is 13.2. The van der Waals surface area contributed by atoms with Gasteiger partial charge in [0.1, 0.15) is 10.7 Å². The predicted octanol–water partition coefficient (Wildman–Crippen LogP) is 5.13. The van der Waals surface area contributed by atoms with Crippen molar-refractivity contribution >= 4 is 23.2 Å². The maximum Gasteiger partial charge on any atom is 0.309 e. The van der Waals surface area contributed by atoms with Gasteiger partial charge in [0.05, 0.1) is 33.3 Å².